The molecule has 1 fully saturated rings. The quantitative estimate of drug-likeness (QED) is 0.758. The third-order valence-corrected chi connectivity index (χ3v) is 3.76. The molecule has 1 saturated heterocycles. The molecule has 0 atom stereocenters. The molecule has 0 aliphatic carbocycles. The second kappa shape index (κ2) is 8.38. The summed E-state index contributed by atoms with van der Waals surface area (Å²) in [7, 11) is 0. The van der Waals surface area contributed by atoms with Crippen LogP contribution in [0.2, 0.25) is 0 Å². The zero-order valence-electron chi connectivity index (χ0n) is 13.5. The van der Waals surface area contributed by atoms with Gasteiger partial charge in [-0.25, -0.2) is 0 Å². The van der Waals surface area contributed by atoms with Crippen LogP contribution < -0.4 is 20.7 Å². The molecule has 1 aromatic carbocycles. The van der Waals surface area contributed by atoms with Gasteiger partial charge in [0.2, 0.25) is 11.8 Å². The number of nitrogens with one attached hydrogen (secondary N) is 1. The number of hydrogen-bond acceptors (Lipinski definition) is 5. The molecular formula is C16H24N4O3. The van der Waals surface area contributed by atoms with Crippen LogP contribution in [0.3, 0.4) is 0 Å². The lowest BCUT2D eigenvalue weighted by Crippen LogP contribution is -2.51. The summed E-state index contributed by atoms with van der Waals surface area (Å²) in [5.41, 5.74) is 6.26. The minimum atomic E-state index is -0.317. The molecule has 1 heterocycles. The van der Waals surface area contributed by atoms with Crippen molar-refractivity contribution >= 4 is 17.5 Å². The highest BCUT2D eigenvalue weighted by Crippen LogP contribution is 2.28. The Bertz CT molecular complexity index is 542. The van der Waals surface area contributed by atoms with Gasteiger partial charge in [-0.05, 0) is 19.1 Å². The average Bonchev–Trinajstić information content (AvgIpc) is 2.60. The van der Waals surface area contributed by atoms with Crippen molar-refractivity contribution in [2.45, 2.75) is 6.92 Å². The van der Waals surface area contributed by atoms with Crippen LogP contribution in [0.5, 0.6) is 5.75 Å². The van der Waals surface area contributed by atoms with Crippen LogP contribution in [-0.4, -0.2) is 62.6 Å². The van der Waals surface area contributed by atoms with Gasteiger partial charge in [0.1, 0.15) is 5.75 Å². The second-order valence-electron chi connectivity index (χ2n) is 5.25. The molecule has 0 radical (unpaired) electrons. The summed E-state index contributed by atoms with van der Waals surface area (Å²) in [4.78, 5) is 27.1. The Kier molecular flexibility index (Phi) is 6.22. The van der Waals surface area contributed by atoms with Crippen LogP contribution in [-0.2, 0) is 9.59 Å². The fourth-order valence-corrected chi connectivity index (χ4v) is 2.55. The van der Waals surface area contributed by atoms with E-state index in [0.29, 0.717) is 19.7 Å². The summed E-state index contributed by atoms with van der Waals surface area (Å²) < 4.78 is 5.66. The summed E-state index contributed by atoms with van der Waals surface area (Å²) in [6.07, 6.45) is 0. The van der Waals surface area contributed by atoms with Crippen molar-refractivity contribution in [3.05, 3.63) is 24.3 Å². The van der Waals surface area contributed by atoms with Crippen molar-refractivity contribution in [3.63, 3.8) is 0 Å². The fourth-order valence-electron chi connectivity index (χ4n) is 2.55. The van der Waals surface area contributed by atoms with Gasteiger partial charge in [-0.3, -0.25) is 9.59 Å². The summed E-state index contributed by atoms with van der Waals surface area (Å²) in [5.74, 6) is 0.470. The van der Waals surface area contributed by atoms with Gasteiger partial charge in [0, 0.05) is 26.2 Å². The number of carbonyl (C=O) groups is 2. The maximum absolute atomic E-state index is 12.1. The Labute approximate surface area is 136 Å². The van der Waals surface area contributed by atoms with Gasteiger partial charge in [-0.2, -0.15) is 0 Å². The molecule has 1 aromatic rings. The molecule has 2 rings (SSSR count). The van der Waals surface area contributed by atoms with Gasteiger partial charge >= 0.3 is 0 Å². The van der Waals surface area contributed by atoms with E-state index in [2.05, 4.69) is 10.2 Å². The van der Waals surface area contributed by atoms with E-state index in [-0.39, 0.29) is 24.9 Å². The second-order valence-corrected chi connectivity index (χ2v) is 5.25. The molecule has 0 unspecified atom stereocenters. The lowest BCUT2D eigenvalue weighted by Gasteiger charge is -2.36. The van der Waals surface area contributed by atoms with E-state index in [1.165, 1.54) is 0 Å². The summed E-state index contributed by atoms with van der Waals surface area (Å²) in [6.45, 7) is 5.21. The van der Waals surface area contributed by atoms with Gasteiger partial charge in [0.15, 0.2) is 0 Å². The monoisotopic (exact) mass is 320 g/mol. The van der Waals surface area contributed by atoms with Crippen molar-refractivity contribution in [2.24, 2.45) is 5.73 Å². The number of ether oxygens (including phenoxy) is 1. The maximum atomic E-state index is 12.1. The van der Waals surface area contributed by atoms with Gasteiger partial charge in [-0.1, -0.05) is 12.1 Å². The van der Waals surface area contributed by atoms with Crippen LogP contribution in [0.4, 0.5) is 5.69 Å². The summed E-state index contributed by atoms with van der Waals surface area (Å²) in [5, 5.41) is 2.51. The van der Waals surface area contributed by atoms with Crippen LogP contribution in [0.1, 0.15) is 6.92 Å². The molecule has 23 heavy (non-hydrogen) atoms. The van der Waals surface area contributed by atoms with Crippen LogP contribution in [0.15, 0.2) is 24.3 Å². The van der Waals surface area contributed by atoms with E-state index >= 15 is 0 Å². The molecule has 0 saturated carbocycles. The Hall–Kier alpha value is -2.28. The Morgan fingerprint density at radius 1 is 1.22 bits per heavy atom. The summed E-state index contributed by atoms with van der Waals surface area (Å²) in [6, 6.07) is 7.93. The third kappa shape index (κ3) is 4.59. The fraction of sp³-hybridized carbons (Fsp3) is 0.500. The molecule has 1 aliphatic heterocycles. The first kappa shape index (κ1) is 17.1. The number of benzene rings is 1. The highest BCUT2D eigenvalue weighted by molar-refractivity contribution is 5.85. The number of piperazine rings is 1. The predicted molar refractivity (Wildman–Crippen MR) is 88.5 cm³/mol. The lowest BCUT2D eigenvalue weighted by molar-refractivity contribution is -0.132. The summed E-state index contributed by atoms with van der Waals surface area (Å²) >= 11 is 0. The predicted octanol–water partition coefficient (Wildman–Crippen LogP) is -0.191. The zero-order valence-corrected chi connectivity index (χ0v) is 13.5. The first-order valence-corrected chi connectivity index (χ1v) is 7.87. The minimum absolute atomic E-state index is 0.00552. The first-order chi connectivity index (χ1) is 11.2. The van der Waals surface area contributed by atoms with E-state index in [9.17, 15) is 9.59 Å². The Morgan fingerprint density at radius 2 is 1.91 bits per heavy atom. The number of rotatable bonds is 6. The van der Waals surface area contributed by atoms with Crippen molar-refractivity contribution in [1.82, 2.24) is 10.2 Å². The molecular weight excluding hydrogens is 296 g/mol. The smallest absolute Gasteiger partial charge is 0.242 e. The standard InChI is InChI=1S/C16H24N4O3/c1-2-23-14-6-4-3-5-13(14)19-7-9-20(10-8-19)16(22)12-18-15(21)11-17/h3-6H,2,7-12,17H2,1H3,(H,18,21). The Balaban J connectivity index is 1.89. The van der Waals surface area contributed by atoms with Gasteiger partial charge in [-0.15, -0.1) is 0 Å². The van der Waals surface area contributed by atoms with Crippen molar-refractivity contribution in [2.75, 3.05) is 50.8 Å². The number of nitrogens with two attached hydrogens (primary N) is 1. The number of anilines is 1. The lowest BCUT2D eigenvalue weighted by atomic mass is 10.2. The topological polar surface area (TPSA) is 87.9 Å². The highest BCUT2D eigenvalue weighted by atomic mass is 16.5. The van der Waals surface area contributed by atoms with Gasteiger partial charge in [0.05, 0.1) is 25.4 Å². The molecule has 7 nitrogen and oxygen atoms in total. The largest absolute Gasteiger partial charge is 0.492 e. The van der Waals surface area contributed by atoms with Crippen LogP contribution in [0.25, 0.3) is 0 Å². The van der Waals surface area contributed by atoms with E-state index < -0.39 is 0 Å². The molecule has 1 aliphatic rings. The normalized spacial score (nSPS) is 14.5. The van der Waals surface area contributed by atoms with Gasteiger partial charge < -0.3 is 25.6 Å². The van der Waals surface area contributed by atoms with E-state index in [4.69, 9.17) is 10.5 Å². The van der Waals surface area contributed by atoms with Crippen LogP contribution in [0, 0.1) is 0 Å². The molecule has 0 bridgehead atoms. The SMILES string of the molecule is CCOc1ccccc1N1CCN(C(=O)CNC(=O)CN)CC1. The van der Waals surface area contributed by atoms with Crippen molar-refractivity contribution in [3.8, 4) is 5.75 Å². The maximum Gasteiger partial charge on any atom is 0.242 e. The van der Waals surface area contributed by atoms with E-state index in [1.807, 2.05) is 31.2 Å². The first-order valence-electron chi connectivity index (χ1n) is 7.87. The number of nitrogens with zero attached hydrogens (tertiary/aromatic N) is 2. The van der Waals surface area contributed by atoms with E-state index in [0.717, 1.165) is 24.5 Å². The molecule has 126 valence electrons. The molecule has 0 spiro atoms. The van der Waals surface area contributed by atoms with E-state index in [1.54, 1.807) is 4.90 Å². The zero-order chi connectivity index (χ0) is 16.7. The van der Waals surface area contributed by atoms with Crippen molar-refractivity contribution < 1.29 is 14.3 Å². The number of para-hydroxylation sites is 2. The number of amides is 2. The Morgan fingerprint density at radius 3 is 2.57 bits per heavy atom. The number of hydrogen-bond donors (Lipinski definition) is 2. The molecule has 0 aromatic heterocycles. The number of carbonyl (C=O) groups excluding carboxylic acids is 2. The molecule has 2 amide bonds. The molecule has 7 heteroatoms. The van der Waals surface area contributed by atoms with Gasteiger partial charge in [0.25, 0.3) is 0 Å². The average molecular weight is 320 g/mol. The molecule has 3 N–H and O–H groups in total. The highest BCUT2D eigenvalue weighted by Gasteiger charge is 2.22. The van der Waals surface area contributed by atoms with Crippen LogP contribution >= 0.6 is 0 Å². The minimum Gasteiger partial charge on any atom is -0.492 e. The van der Waals surface area contributed by atoms with Crippen molar-refractivity contribution in [1.29, 1.82) is 0 Å². The third-order valence-electron chi connectivity index (χ3n) is 3.76.